The maximum atomic E-state index is 12.5. The minimum absolute atomic E-state index is 0.00531. The Kier molecular flexibility index (Phi) is 6.29. The van der Waals surface area contributed by atoms with Gasteiger partial charge < -0.3 is 9.64 Å². The van der Waals surface area contributed by atoms with E-state index >= 15 is 0 Å². The number of ether oxygens (including phenoxy) is 1. The SMILES string of the molecule is O=C(c1cnccn1)N1CCC(N2CCO[C@H](CCc3ccccc3)C2)CC1. The Morgan fingerprint density at radius 1 is 1.11 bits per heavy atom. The van der Waals surface area contributed by atoms with Crippen molar-refractivity contribution in [1.29, 1.82) is 0 Å². The number of hydrogen-bond acceptors (Lipinski definition) is 5. The summed E-state index contributed by atoms with van der Waals surface area (Å²) in [7, 11) is 0. The number of carbonyl (C=O) groups is 1. The Morgan fingerprint density at radius 3 is 2.68 bits per heavy atom. The second-order valence-corrected chi connectivity index (χ2v) is 7.63. The second kappa shape index (κ2) is 9.26. The third-order valence-corrected chi connectivity index (χ3v) is 5.82. The molecule has 0 bridgehead atoms. The molecular weight excluding hydrogens is 352 g/mol. The molecule has 2 fully saturated rings. The van der Waals surface area contributed by atoms with E-state index in [1.807, 2.05) is 4.90 Å². The highest BCUT2D eigenvalue weighted by Gasteiger charge is 2.31. The average Bonchev–Trinajstić information content (AvgIpc) is 2.79. The molecule has 1 aromatic heterocycles. The lowest BCUT2D eigenvalue weighted by molar-refractivity contribution is -0.0535. The van der Waals surface area contributed by atoms with Crippen LogP contribution in [0.3, 0.4) is 0 Å². The molecule has 1 atom stereocenters. The van der Waals surface area contributed by atoms with Crippen LogP contribution < -0.4 is 0 Å². The van der Waals surface area contributed by atoms with Gasteiger partial charge in [-0.25, -0.2) is 4.98 Å². The van der Waals surface area contributed by atoms with Gasteiger partial charge in [-0.05, 0) is 31.2 Å². The van der Waals surface area contributed by atoms with Crippen molar-refractivity contribution in [3.8, 4) is 0 Å². The van der Waals surface area contributed by atoms with Gasteiger partial charge in [-0.1, -0.05) is 30.3 Å². The van der Waals surface area contributed by atoms with Gasteiger partial charge in [0.15, 0.2) is 0 Å². The largest absolute Gasteiger partial charge is 0.376 e. The Hall–Kier alpha value is -2.31. The fraction of sp³-hybridized carbons (Fsp3) is 0.500. The van der Waals surface area contributed by atoms with Crippen LogP contribution in [0.2, 0.25) is 0 Å². The first-order valence-corrected chi connectivity index (χ1v) is 10.2. The van der Waals surface area contributed by atoms with Gasteiger partial charge in [0, 0.05) is 44.6 Å². The Bertz CT molecular complexity index is 748. The van der Waals surface area contributed by atoms with Crippen molar-refractivity contribution in [2.45, 2.75) is 37.8 Å². The number of hydrogen-bond donors (Lipinski definition) is 0. The van der Waals surface area contributed by atoms with E-state index in [4.69, 9.17) is 4.74 Å². The van der Waals surface area contributed by atoms with Gasteiger partial charge in [0.1, 0.15) is 5.69 Å². The molecule has 2 aromatic rings. The number of amides is 1. The van der Waals surface area contributed by atoms with Gasteiger partial charge >= 0.3 is 0 Å². The van der Waals surface area contributed by atoms with Crippen LogP contribution in [-0.4, -0.2) is 70.6 Å². The number of morpholine rings is 1. The van der Waals surface area contributed by atoms with Crippen LogP contribution in [0.5, 0.6) is 0 Å². The minimum Gasteiger partial charge on any atom is -0.376 e. The molecule has 0 saturated carbocycles. The predicted molar refractivity (Wildman–Crippen MR) is 107 cm³/mol. The first-order chi connectivity index (χ1) is 13.8. The Labute approximate surface area is 166 Å². The van der Waals surface area contributed by atoms with Crippen LogP contribution in [0.1, 0.15) is 35.3 Å². The summed E-state index contributed by atoms with van der Waals surface area (Å²) in [5.74, 6) is -0.00531. The zero-order valence-electron chi connectivity index (χ0n) is 16.2. The van der Waals surface area contributed by atoms with Gasteiger partial charge in [-0.3, -0.25) is 14.7 Å². The molecule has 0 unspecified atom stereocenters. The maximum Gasteiger partial charge on any atom is 0.274 e. The molecular formula is C22H28N4O2. The van der Waals surface area contributed by atoms with Crippen LogP contribution in [0, 0.1) is 0 Å². The number of aryl methyl sites for hydroxylation is 1. The number of rotatable bonds is 5. The third kappa shape index (κ3) is 4.75. The molecule has 0 N–H and O–H groups in total. The van der Waals surface area contributed by atoms with Crippen molar-refractivity contribution in [3.63, 3.8) is 0 Å². The molecule has 3 heterocycles. The molecule has 148 valence electrons. The Balaban J connectivity index is 1.25. The fourth-order valence-corrected chi connectivity index (χ4v) is 4.23. The molecule has 2 aliphatic rings. The van der Waals surface area contributed by atoms with Gasteiger partial charge in [-0.15, -0.1) is 0 Å². The van der Waals surface area contributed by atoms with Gasteiger partial charge in [0.05, 0.1) is 18.9 Å². The topological polar surface area (TPSA) is 58.6 Å². The second-order valence-electron chi connectivity index (χ2n) is 7.63. The van der Waals surface area contributed by atoms with Crippen LogP contribution in [0.25, 0.3) is 0 Å². The lowest BCUT2D eigenvalue weighted by atomic mass is 10.00. The van der Waals surface area contributed by atoms with E-state index in [9.17, 15) is 4.79 Å². The molecule has 0 spiro atoms. The van der Waals surface area contributed by atoms with E-state index in [2.05, 4.69) is 45.2 Å². The van der Waals surface area contributed by atoms with Crippen molar-refractivity contribution in [1.82, 2.24) is 19.8 Å². The first kappa shape index (κ1) is 19.0. The summed E-state index contributed by atoms with van der Waals surface area (Å²) in [5.41, 5.74) is 1.81. The van der Waals surface area contributed by atoms with E-state index in [0.29, 0.717) is 17.8 Å². The number of benzene rings is 1. The average molecular weight is 380 g/mol. The molecule has 2 aliphatic heterocycles. The van der Waals surface area contributed by atoms with E-state index < -0.39 is 0 Å². The number of nitrogens with zero attached hydrogens (tertiary/aromatic N) is 4. The number of piperidine rings is 1. The number of likely N-dealkylation sites (tertiary alicyclic amines) is 1. The lowest BCUT2D eigenvalue weighted by Gasteiger charge is -2.42. The number of aromatic nitrogens is 2. The molecule has 28 heavy (non-hydrogen) atoms. The lowest BCUT2D eigenvalue weighted by Crippen LogP contribution is -2.52. The molecule has 0 aliphatic carbocycles. The van der Waals surface area contributed by atoms with Gasteiger partial charge in [0.25, 0.3) is 5.91 Å². The molecule has 6 nitrogen and oxygen atoms in total. The van der Waals surface area contributed by atoms with Crippen molar-refractivity contribution < 1.29 is 9.53 Å². The third-order valence-electron chi connectivity index (χ3n) is 5.82. The fourth-order valence-electron chi connectivity index (χ4n) is 4.23. The normalized spacial score (nSPS) is 21.6. The number of carbonyl (C=O) groups excluding carboxylic acids is 1. The highest BCUT2D eigenvalue weighted by Crippen LogP contribution is 2.22. The quantitative estimate of drug-likeness (QED) is 0.797. The molecule has 6 heteroatoms. The maximum absolute atomic E-state index is 12.5. The zero-order valence-corrected chi connectivity index (χ0v) is 16.2. The first-order valence-electron chi connectivity index (χ1n) is 10.2. The summed E-state index contributed by atoms with van der Waals surface area (Å²) in [4.78, 5) is 25.2. The Morgan fingerprint density at radius 2 is 1.93 bits per heavy atom. The highest BCUT2D eigenvalue weighted by molar-refractivity contribution is 5.92. The zero-order chi connectivity index (χ0) is 19.2. The van der Waals surface area contributed by atoms with E-state index in [0.717, 1.165) is 58.5 Å². The molecule has 2 saturated heterocycles. The van der Waals surface area contributed by atoms with E-state index in [1.165, 1.54) is 5.56 Å². The predicted octanol–water partition coefficient (Wildman–Crippen LogP) is 2.41. The van der Waals surface area contributed by atoms with Crippen LogP contribution in [0.4, 0.5) is 0 Å². The summed E-state index contributed by atoms with van der Waals surface area (Å²) >= 11 is 0. The van der Waals surface area contributed by atoms with Crippen LogP contribution in [-0.2, 0) is 11.2 Å². The molecule has 1 aromatic carbocycles. The van der Waals surface area contributed by atoms with Gasteiger partial charge in [-0.2, -0.15) is 0 Å². The van der Waals surface area contributed by atoms with Crippen molar-refractivity contribution in [2.24, 2.45) is 0 Å². The summed E-state index contributed by atoms with van der Waals surface area (Å²) in [6.45, 7) is 4.36. The summed E-state index contributed by atoms with van der Waals surface area (Å²) < 4.78 is 6.02. The molecule has 1 amide bonds. The van der Waals surface area contributed by atoms with Crippen molar-refractivity contribution >= 4 is 5.91 Å². The van der Waals surface area contributed by atoms with E-state index in [-0.39, 0.29) is 5.91 Å². The molecule has 4 rings (SSSR count). The monoisotopic (exact) mass is 380 g/mol. The standard InChI is InChI=1S/C22H28N4O2/c27-22(21-16-23-10-11-24-21)25-12-8-19(9-13-25)26-14-15-28-20(17-26)7-6-18-4-2-1-3-5-18/h1-5,10-11,16,19-20H,6-9,12-15,17H2/t20-/m1/s1. The van der Waals surface area contributed by atoms with Crippen molar-refractivity contribution in [2.75, 3.05) is 32.8 Å². The minimum atomic E-state index is -0.00531. The van der Waals surface area contributed by atoms with Gasteiger partial charge in [0.2, 0.25) is 0 Å². The van der Waals surface area contributed by atoms with Crippen LogP contribution in [0.15, 0.2) is 48.9 Å². The molecule has 0 radical (unpaired) electrons. The van der Waals surface area contributed by atoms with Crippen LogP contribution >= 0.6 is 0 Å². The summed E-state index contributed by atoms with van der Waals surface area (Å²) in [6.07, 6.45) is 9.16. The van der Waals surface area contributed by atoms with Crippen molar-refractivity contribution in [3.05, 3.63) is 60.2 Å². The summed E-state index contributed by atoms with van der Waals surface area (Å²) in [6, 6.07) is 11.2. The highest BCUT2D eigenvalue weighted by atomic mass is 16.5. The van der Waals surface area contributed by atoms with E-state index in [1.54, 1.807) is 18.6 Å². The summed E-state index contributed by atoms with van der Waals surface area (Å²) in [5, 5.41) is 0. The smallest absolute Gasteiger partial charge is 0.274 e.